The summed E-state index contributed by atoms with van der Waals surface area (Å²) in [5.74, 6) is 2.68. The molecule has 0 heterocycles. The van der Waals surface area contributed by atoms with Crippen LogP contribution in [0.1, 0.15) is 40.0 Å². The molecule has 12 heavy (non-hydrogen) atoms. The predicted molar refractivity (Wildman–Crippen MR) is 54.2 cm³/mol. The smallest absolute Gasteiger partial charge is 0.00973 e. The molecule has 72 valence electrons. The van der Waals surface area contributed by atoms with Gasteiger partial charge in [0.2, 0.25) is 0 Å². The van der Waals surface area contributed by atoms with Crippen LogP contribution in [-0.2, 0) is 0 Å². The highest BCUT2D eigenvalue weighted by atomic mass is 14.9. The van der Waals surface area contributed by atoms with Crippen molar-refractivity contribution < 1.29 is 0 Å². The van der Waals surface area contributed by atoms with Crippen molar-refractivity contribution in [3.05, 3.63) is 0 Å². The normalized spacial score (nSPS) is 37.2. The highest BCUT2D eigenvalue weighted by molar-refractivity contribution is 4.84. The number of rotatable bonds is 2. The standard InChI is InChI=1S/C11H23N/c1-8(2)10-6-5-9(3)7-11(10)12-4/h8-12H,5-7H2,1-4H3/t9-,10+,11+/m1/s1. The Balaban J connectivity index is 2.50. The molecule has 1 fully saturated rings. The Hall–Kier alpha value is -0.0400. The summed E-state index contributed by atoms with van der Waals surface area (Å²) >= 11 is 0. The van der Waals surface area contributed by atoms with Gasteiger partial charge in [0.1, 0.15) is 0 Å². The van der Waals surface area contributed by atoms with Crippen molar-refractivity contribution in [2.75, 3.05) is 7.05 Å². The highest BCUT2D eigenvalue weighted by Crippen LogP contribution is 2.32. The Labute approximate surface area is 76.9 Å². The maximum absolute atomic E-state index is 3.47. The van der Waals surface area contributed by atoms with Crippen LogP contribution >= 0.6 is 0 Å². The van der Waals surface area contributed by atoms with E-state index in [0.29, 0.717) is 0 Å². The minimum atomic E-state index is 0.772. The lowest BCUT2D eigenvalue weighted by atomic mass is 9.74. The summed E-state index contributed by atoms with van der Waals surface area (Å²) in [6.45, 7) is 7.08. The molecular formula is C11H23N. The summed E-state index contributed by atoms with van der Waals surface area (Å²) in [4.78, 5) is 0. The van der Waals surface area contributed by atoms with Gasteiger partial charge in [0.25, 0.3) is 0 Å². The average Bonchev–Trinajstić information content (AvgIpc) is 2.03. The van der Waals surface area contributed by atoms with Gasteiger partial charge in [-0.2, -0.15) is 0 Å². The van der Waals surface area contributed by atoms with Crippen molar-refractivity contribution in [2.45, 2.75) is 46.1 Å². The molecule has 1 heteroatoms. The molecule has 0 amide bonds. The highest BCUT2D eigenvalue weighted by Gasteiger charge is 2.29. The summed E-state index contributed by atoms with van der Waals surface area (Å²) in [7, 11) is 2.11. The van der Waals surface area contributed by atoms with Gasteiger partial charge < -0.3 is 5.32 Å². The summed E-state index contributed by atoms with van der Waals surface area (Å²) in [5.41, 5.74) is 0. The van der Waals surface area contributed by atoms with Crippen molar-refractivity contribution in [3.63, 3.8) is 0 Å². The predicted octanol–water partition coefficient (Wildman–Crippen LogP) is 2.67. The Bertz CT molecular complexity index is 131. The van der Waals surface area contributed by atoms with E-state index in [2.05, 4.69) is 33.1 Å². The molecule has 1 aliphatic carbocycles. The van der Waals surface area contributed by atoms with E-state index >= 15 is 0 Å². The minimum absolute atomic E-state index is 0.772. The fourth-order valence-electron chi connectivity index (χ4n) is 2.53. The van der Waals surface area contributed by atoms with Gasteiger partial charge in [-0.1, -0.05) is 27.2 Å². The Kier molecular flexibility index (Phi) is 3.57. The molecule has 0 aliphatic heterocycles. The molecule has 0 saturated heterocycles. The molecule has 3 atom stereocenters. The van der Waals surface area contributed by atoms with Gasteiger partial charge in [0.15, 0.2) is 0 Å². The van der Waals surface area contributed by atoms with Gasteiger partial charge >= 0.3 is 0 Å². The van der Waals surface area contributed by atoms with Crippen LogP contribution in [-0.4, -0.2) is 13.1 Å². The lowest BCUT2D eigenvalue weighted by Crippen LogP contribution is -2.40. The van der Waals surface area contributed by atoms with Crippen molar-refractivity contribution in [2.24, 2.45) is 17.8 Å². The molecule has 0 bridgehead atoms. The number of hydrogen-bond donors (Lipinski definition) is 1. The molecule has 1 N–H and O–H groups in total. The molecule has 0 aromatic heterocycles. The molecule has 0 aromatic carbocycles. The molecule has 0 unspecified atom stereocenters. The van der Waals surface area contributed by atoms with E-state index in [1.54, 1.807) is 0 Å². The van der Waals surface area contributed by atoms with Gasteiger partial charge in [0, 0.05) is 6.04 Å². The Morgan fingerprint density at radius 3 is 2.42 bits per heavy atom. The third kappa shape index (κ3) is 2.22. The molecule has 0 radical (unpaired) electrons. The zero-order valence-electron chi connectivity index (χ0n) is 8.93. The van der Waals surface area contributed by atoms with Crippen LogP contribution in [0.4, 0.5) is 0 Å². The summed E-state index contributed by atoms with van der Waals surface area (Å²) in [6, 6.07) is 0.772. The SMILES string of the molecule is CN[C@H]1C[C@H](C)CC[C@H]1C(C)C. The zero-order chi connectivity index (χ0) is 9.14. The topological polar surface area (TPSA) is 12.0 Å². The van der Waals surface area contributed by atoms with Gasteiger partial charge in [-0.25, -0.2) is 0 Å². The molecule has 1 nitrogen and oxygen atoms in total. The average molecular weight is 169 g/mol. The zero-order valence-corrected chi connectivity index (χ0v) is 8.93. The lowest BCUT2D eigenvalue weighted by molar-refractivity contribution is 0.177. The monoisotopic (exact) mass is 169 g/mol. The number of hydrogen-bond acceptors (Lipinski definition) is 1. The molecule has 0 aromatic rings. The third-order valence-corrected chi connectivity index (χ3v) is 3.39. The maximum Gasteiger partial charge on any atom is 0.00973 e. The van der Waals surface area contributed by atoms with E-state index in [4.69, 9.17) is 0 Å². The molecular weight excluding hydrogens is 146 g/mol. The van der Waals surface area contributed by atoms with Crippen molar-refractivity contribution >= 4 is 0 Å². The van der Waals surface area contributed by atoms with Crippen LogP contribution in [0.2, 0.25) is 0 Å². The van der Waals surface area contributed by atoms with E-state index in [0.717, 1.165) is 23.8 Å². The third-order valence-electron chi connectivity index (χ3n) is 3.39. The van der Waals surface area contributed by atoms with Crippen molar-refractivity contribution in [1.29, 1.82) is 0 Å². The van der Waals surface area contributed by atoms with Crippen LogP contribution in [0.15, 0.2) is 0 Å². The Morgan fingerprint density at radius 1 is 1.25 bits per heavy atom. The summed E-state index contributed by atoms with van der Waals surface area (Å²) in [5, 5.41) is 3.47. The Morgan fingerprint density at radius 2 is 1.92 bits per heavy atom. The largest absolute Gasteiger partial charge is 0.317 e. The van der Waals surface area contributed by atoms with Gasteiger partial charge in [-0.05, 0) is 37.6 Å². The van der Waals surface area contributed by atoms with Gasteiger partial charge in [-0.3, -0.25) is 0 Å². The maximum atomic E-state index is 3.47. The fraction of sp³-hybridized carbons (Fsp3) is 1.00. The second-order valence-corrected chi connectivity index (χ2v) is 4.72. The van der Waals surface area contributed by atoms with Crippen LogP contribution in [0.25, 0.3) is 0 Å². The first kappa shape index (κ1) is 10.0. The summed E-state index contributed by atoms with van der Waals surface area (Å²) < 4.78 is 0. The lowest BCUT2D eigenvalue weighted by Gasteiger charge is -2.37. The quantitative estimate of drug-likeness (QED) is 0.670. The van der Waals surface area contributed by atoms with Crippen LogP contribution in [0.5, 0.6) is 0 Å². The van der Waals surface area contributed by atoms with E-state index in [1.807, 2.05) is 0 Å². The van der Waals surface area contributed by atoms with E-state index < -0.39 is 0 Å². The second-order valence-electron chi connectivity index (χ2n) is 4.72. The first-order valence-electron chi connectivity index (χ1n) is 5.32. The van der Waals surface area contributed by atoms with E-state index in [-0.39, 0.29) is 0 Å². The molecule has 1 saturated carbocycles. The number of nitrogens with one attached hydrogen (secondary N) is 1. The van der Waals surface area contributed by atoms with Crippen molar-refractivity contribution in [3.8, 4) is 0 Å². The fourth-order valence-corrected chi connectivity index (χ4v) is 2.53. The first-order chi connectivity index (χ1) is 5.65. The molecule has 0 spiro atoms. The summed E-state index contributed by atoms with van der Waals surface area (Å²) in [6.07, 6.45) is 4.23. The van der Waals surface area contributed by atoms with Crippen LogP contribution in [0, 0.1) is 17.8 Å². The molecule has 1 aliphatic rings. The van der Waals surface area contributed by atoms with Gasteiger partial charge in [0.05, 0.1) is 0 Å². The van der Waals surface area contributed by atoms with E-state index in [9.17, 15) is 0 Å². The van der Waals surface area contributed by atoms with Crippen LogP contribution < -0.4 is 5.32 Å². The van der Waals surface area contributed by atoms with Gasteiger partial charge in [-0.15, -0.1) is 0 Å². The van der Waals surface area contributed by atoms with E-state index in [1.165, 1.54) is 19.3 Å². The van der Waals surface area contributed by atoms with Crippen LogP contribution in [0.3, 0.4) is 0 Å². The first-order valence-corrected chi connectivity index (χ1v) is 5.32. The van der Waals surface area contributed by atoms with Crippen molar-refractivity contribution in [1.82, 2.24) is 5.32 Å². The minimum Gasteiger partial charge on any atom is -0.317 e. The second kappa shape index (κ2) is 4.27. The molecule has 1 rings (SSSR count).